The van der Waals surface area contributed by atoms with Gasteiger partial charge in [0.2, 0.25) is 0 Å². The van der Waals surface area contributed by atoms with Crippen molar-refractivity contribution in [2.75, 3.05) is 0 Å². The Hall–Kier alpha value is -2.70. The van der Waals surface area contributed by atoms with Gasteiger partial charge in [-0.3, -0.25) is 4.79 Å². The number of nitrogens with zero attached hydrogens (tertiary/aromatic N) is 4. The van der Waals surface area contributed by atoms with Gasteiger partial charge >= 0.3 is 0 Å². The number of hydrogen-bond acceptors (Lipinski definition) is 5. The van der Waals surface area contributed by atoms with Crippen LogP contribution in [-0.2, 0) is 0 Å². The molecule has 0 aliphatic carbocycles. The van der Waals surface area contributed by atoms with Crippen LogP contribution in [0, 0.1) is 6.92 Å². The molecule has 1 amide bonds. The molecule has 2 heterocycles. The molecule has 3 rings (SSSR count). The first-order valence-corrected chi connectivity index (χ1v) is 7.53. The van der Waals surface area contributed by atoms with Crippen molar-refractivity contribution >= 4 is 17.0 Å². The topological polar surface area (TPSA) is 85.8 Å². The third-order valence-corrected chi connectivity index (χ3v) is 3.65. The Labute approximate surface area is 133 Å². The second-order valence-electron chi connectivity index (χ2n) is 5.80. The highest BCUT2D eigenvalue weighted by molar-refractivity contribution is 5.97. The lowest BCUT2D eigenvalue weighted by Crippen LogP contribution is -2.29. The van der Waals surface area contributed by atoms with E-state index >= 15 is 0 Å². The van der Waals surface area contributed by atoms with Gasteiger partial charge in [0.15, 0.2) is 17.3 Å². The molecule has 2 aromatic heterocycles. The van der Waals surface area contributed by atoms with Crippen molar-refractivity contribution in [1.82, 2.24) is 25.1 Å². The van der Waals surface area contributed by atoms with Crippen LogP contribution in [0.15, 0.2) is 28.9 Å². The van der Waals surface area contributed by atoms with Crippen LogP contribution in [0.25, 0.3) is 11.1 Å². The van der Waals surface area contributed by atoms with Gasteiger partial charge in [0.25, 0.3) is 5.91 Å². The molecule has 1 aromatic carbocycles. The van der Waals surface area contributed by atoms with Crippen LogP contribution in [-0.4, -0.2) is 25.7 Å². The minimum Gasteiger partial charge on any atom is -0.441 e. The monoisotopic (exact) mass is 313 g/mol. The molecule has 1 N–H and O–H groups in total. The summed E-state index contributed by atoms with van der Waals surface area (Å²) in [6.07, 6.45) is 1.67. The van der Waals surface area contributed by atoms with Crippen molar-refractivity contribution in [2.24, 2.45) is 0 Å². The van der Waals surface area contributed by atoms with E-state index in [0.29, 0.717) is 17.0 Å². The van der Waals surface area contributed by atoms with E-state index in [1.165, 1.54) is 0 Å². The smallest absolute Gasteiger partial charge is 0.251 e. The maximum absolute atomic E-state index is 12.5. The molecule has 0 aliphatic heterocycles. The Bertz CT molecular complexity index is 849. The van der Waals surface area contributed by atoms with E-state index in [9.17, 15) is 4.79 Å². The number of rotatable bonds is 4. The summed E-state index contributed by atoms with van der Waals surface area (Å²) in [5, 5.41) is 11.0. The third kappa shape index (κ3) is 2.94. The Morgan fingerprint density at radius 3 is 2.83 bits per heavy atom. The predicted octanol–water partition coefficient (Wildman–Crippen LogP) is 2.80. The van der Waals surface area contributed by atoms with E-state index in [1.807, 2.05) is 25.3 Å². The normalized spacial score (nSPS) is 12.7. The summed E-state index contributed by atoms with van der Waals surface area (Å²) in [5.74, 6) is 1.12. The van der Waals surface area contributed by atoms with Crippen molar-refractivity contribution < 1.29 is 9.21 Å². The molecule has 0 bridgehead atoms. The minimum absolute atomic E-state index is 0.188. The highest BCUT2D eigenvalue weighted by Gasteiger charge is 2.18. The lowest BCUT2D eigenvalue weighted by Gasteiger charge is -2.16. The average molecular weight is 313 g/mol. The zero-order valence-corrected chi connectivity index (χ0v) is 13.6. The van der Waals surface area contributed by atoms with Gasteiger partial charge in [-0.15, -0.1) is 10.2 Å². The van der Waals surface area contributed by atoms with Gasteiger partial charge in [0, 0.05) is 18.5 Å². The van der Waals surface area contributed by atoms with Crippen LogP contribution < -0.4 is 5.32 Å². The second-order valence-corrected chi connectivity index (χ2v) is 5.80. The van der Waals surface area contributed by atoms with Crippen LogP contribution in [0.4, 0.5) is 0 Å². The molecule has 120 valence electrons. The Kier molecular flexibility index (Phi) is 3.85. The van der Waals surface area contributed by atoms with Gasteiger partial charge in [0.1, 0.15) is 11.8 Å². The molecule has 0 unspecified atom stereocenters. The number of hydrogen-bond donors (Lipinski definition) is 1. The van der Waals surface area contributed by atoms with Gasteiger partial charge in [-0.05, 0) is 39.0 Å². The zero-order chi connectivity index (χ0) is 16.6. The van der Waals surface area contributed by atoms with E-state index in [2.05, 4.69) is 20.5 Å². The molecule has 7 heteroatoms. The number of carbonyl (C=O) groups is 1. The summed E-state index contributed by atoms with van der Waals surface area (Å²) < 4.78 is 7.41. The molecule has 0 aliphatic rings. The largest absolute Gasteiger partial charge is 0.441 e. The van der Waals surface area contributed by atoms with Crippen molar-refractivity contribution in [3.8, 4) is 0 Å². The maximum atomic E-state index is 12.5. The van der Waals surface area contributed by atoms with Crippen LogP contribution in [0.1, 0.15) is 54.9 Å². The quantitative estimate of drug-likeness (QED) is 0.800. The number of aromatic nitrogens is 4. The molecule has 3 aromatic rings. The molecule has 0 saturated heterocycles. The standard InChI is InChI=1S/C16H19N5O2/c1-9(2)21-8-17-20-15(21)10(3)18-16(22)12-5-6-13-14(7-12)23-11(4)19-13/h5-10H,1-4H3,(H,18,22)/t10-/m1/s1. The second kappa shape index (κ2) is 5.83. The number of oxazole rings is 1. The SMILES string of the molecule is Cc1nc2ccc(C(=O)N[C@H](C)c3nncn3C(C)C)cc2o1. The van der Waals surface area contributed by atoms with Crippen molar-refractivity contribution in [3.05, 3.63) is 41.8 Å². The predicted molar refractivity (Wildman–Crippen MR) is 85.0 cm³/mol. The lowest BCUT2D eigenvalue weighted by atomic mass is 10.1. The summed E-state index contributed by atoms with van der Waals surface area (Å²) in [7, 11) is 0. The fourth-order valence-electron chi connectivity index (χ4n) is 2.49. The van der Waals surface area contributed by atoms with Crippen LogP contribution in [0.2, 0.25) is 0 Å². The lowest BCUT2D eigenvalue weighted by molar-refractivity contribution is 0.0937. The summed E-state index contributed by atoms with van der Waals surface area (Å²) >= 11 is 0. The van der Waals surface area contributed by atoms with E-state index < -0.39 is 0 Å². The molecule has 0 radical (unpaired) electrons. The molecular formula is C16H19N5O2. The van der Waals surface area contributed by atoms with E-state index in [1.54, 1.807) is 31.5 Å². The molecule has 0 fully saturated rings. The summed E-state index contributed by atoms with van der Waals surface area (Å²) in [4.78, 5) is 16.7. The average Bonchev–Trinajstić information content (AvgIpc) is 3.11. The maximum Gasteiger partial charge on any atom is 0.251 e. The summed E-state index contributed by atoms with van der Waals surface area (Å²) in [5.41, 5.74) is 1.87. The van der Waals surface area contributed by atoms with Gasteiger partial charge < -0.3 is 14.3 Å². The van der Waals surface area contributed by atoms with Crippen LogP contribution in [0.3, 0.4) is 0 Å². The Morgan fingerprint density at radius 2 is 2.09 bits per heavy atom. The molecule has 0 saturated carbocycles. The first-order valence-electron chi connectivity index (χ1n) is 7.53. The van der Waals surface area contributed by atoms with Crippen molar-refractivity contribution in [1.29, 1.82) is 0 Å². The number of amides is 1. The highest BCUT2D eigenvalue weighted by atomic mass is 16.3. The van der Waals surface area contributed by atoms with Gasteiger partial charge in [-0.1, -0.05) is 0 Å². The first-order chi connectivity index (χ1) is 11.0. The number of aryl methyl sites for hydroxylation is 1. The summed E-state index contributed by atoms with van der Waals surface area (Å²) in [6, 6.07) is 5.19. The molecule has 23 heavy (non-hydrogen) atoms. The van der Waals surface area contributed by atoms with E-state index in [0.717, 1.165) is 11.3 Å². The van der Waals surface area contributed by atoms with Crippen molar-refractivity contribution in [3.63, 3.8) is 0 Å². The zero-order valence-electron chi connectivity index (χ0n) is 13.6. The molecule has 1 atom stereocenters. The van der Waals surface area contributed by atoms with E-state index in [-0.39, 0.29) is 18.0 Å². The Balaban J connectivity index is 1.80. The molecular weight excluding hydrogens is 294 g/mol. The summed E-state index contributed by atoms with van der Waals surface area (Å²) in [6.45, 7) is 7.75. The fraction of sp³-hybridized carbons (Fsp3) is 0.375. The van der Waals surface area contributed by atoms with Gasteiger partial charge in [0.05, 0.1) is 6.04 Å². The molecule has 7 nitrogen and oxygen atoms in total. The van der Waals surface area contributed by atoms with Crippen LogP contribution in [0.5, 0.6) is 0 Å². The number of benzene rings is 1. The fourth-order valence-corrected chi connectivity index (χ4v) is 2.49. The van der Waals surface area contributed by atoms with Gasteiger partial charge in [-0.2, -0.15) is 0 Å². The minimum atomic E-state index is -0.250. The number of nitrogens with one attached hydrogen (secondary N) is 1. The van der Waals surface area contributed by atoms with Crippen molar-refractivity contribution in [2.45, 2.75) is 39.8 Å². The first kappa shape index (κ1) is 15.2. The molecule has 0 spiro atoms. The van der Waals surface area contributed by atoms with E-state index in [4.69, 9.17) is 4.42 Å². The van der Waals surface area contributed by atoms with Gasteiger partial charge in [-0.25, -0.2) is 4.98 Å². The third-order valence-electron chi connectivity index (χ3n) is 3.65. The van der Waals surface area contributed by atoms with Crippen LogP contribution >= 0.6 is 0 Å². The highest BCUT2D eigenvalue weighted by Crippen LogP contribution is 2.18. The Morgan fingerprint density at radius 1 is 1.30 bits per heavy atom. The number of fused-ring (bicyclic) bond motifs is 1. The number of carbonyl (C=O) groups excluding carboxylic acids is 1.